The quantitative estimate of drug-likeness (QED) is 0.374. The van der Waals surface area contributed by atoms with Crippen molar-refractivity contribution in [3.63, 3.8) is 0 Å². The number of halogens is 1. The predicted octanol–water partition coefficient (Wildman–Crippen LogP) is 2.26. The Hall–Kier alpha value is -4.15. The number of carbonyl (C=O) groups is 3. The fraction of sp³-hybridized carbons (Fsp3) is 0.481. The van der Waals surface area contributed by atoms with Crippen LogP contribution in [-0.2, 0) is 21.7 Å². The number of methoxy groups -OCH3 is 1. The maximum atomic E-state index is 15.8. The van der Waals surface area contributed by atoms with Crippen LogP contribution in [0.15, 0.2) is 18.3 Å². The average molecular weight is 551 g/mol. The smallest absolute Gasteiger partial charge is 0.328 e. The molecule has 3 amide bonds. The van der Waals surface area contributed by atoms with Crippen molar-refractivity contribution in [2.45, 2.75) is 37.5 Å². The van der Waals surface area contributed by atoms with Crippen molar-refractivity contribution in [1.82, 2.24) is 19.8 Å². The van der Waals surface area contributed by atoms with Gasteiger partial charge in [-0.2, -0.15) is 5.26 Å². The maximum absolute atomic E-state index is 15.8. The Morgan fingerprint density at radius 2 is 2.15 bits per heavy atom. The van der Waals surface area contributed by atoms with Crippen LogP contribution in [0, 0.1) is 11.3 Å². The molecule has 1 saturated carbocycles. The molecule has 2 aromatic heterocycles. The highest BCUT2D eigenvalue weighted by Gasteiger charge is 2.57. The van der Waals surface area contributed by atoms with Crippen molar-refractivity contribution in [3.8, 4) is 6.07 Å². The van der Waals surface area contributed by atoms with Crippen LogP contribution in [0.5, 0.6) is 0 Å². The molecule has 13 heteroatoms. The molecular formula is C27H31FN8O4. The minimum atomic E-state index is -1.66. The number of pyridine rings is 2. The summed E-state index contributed by atoms with van der Waals surface area (Å²) in [6, 6.07) is 4.17. The number of hydrogen-bond acceptors (Lipinski definition) is 9. The highest BCUT2D eigenvalue weighted by Crippen LogP contribution is 2.55. The number of aldehydes is 1. The Labute approximate surface area is 231 Å². The number of nitrogens with one attached hydrogen (secondary N) is 2. The Kier molecular flexibility index (Phi) is 7.64. The van der Waals surface area contributed by atoms with E-state index in [1.54, 1.807) is 24.1 Å². The van der Waals surface area contributed by atoms with Gasteiger partial charge < -0.3 is 15.0 Å². The lowest BCUT2D eigenvalue weighted by atomic mass is 9.68. The molecular weight excluding hydrogens is 519 g/mol. The van der Waals surface area contributed by atoms with Crippen molar-refractivity contribution >= 4 is 35.5 Å². The predicted molar refractivity (Wildman–Crippen MR) is 144 cm³/mol. The van der Waals surface area contributed by atoms with Gasteiger partial charge in [0.15, 0.2) is 6.29 Å². The van der Waals surface area contributed by atoms with Gasteiger partial charge >= 0.3 is 6.03 Å². The lowest BCUT2D eigenvalue weighted by Gasteiger charge is -2.52. The Balaban J connectivity index is 1.41. The van der Waals surface area contributed by atoms with E-state index in [0.717, 1.165) is 13.0 Å². The van der Waals surface area contributed by atoms with E-state index in [9.17, 15) is 19.6 Å². The molecule has 0 spiro atoms. The molecule has 1 aliphatic carbocycles. The number of nitrogens with zero attached hydrogens (tertiary/aromatic N) is 6. The largest absolute Gasteiger partial charge is 0.383 e. The molecule has 12 nitrogen and oxygen atoms in total. The van der Waals surface area contributed by atoms with E-state index >= 15 is 4.39 Å². The number of ether oxygens (including phenoxy) is 1. The number of likely N-dealkylation sites (N-methyl/N-ethyl adjacent to an activating group) is 1. The highest BCUT2D eigenvalue weighted by molar-refractivity contribution is 6.03. The van der Waals surface area contributed by atoms with Gasteiger partial charge in [0.05, 0.1) is 24.4 Å². The van der Waals surface area contributed by atoms with E-state index < -0.39 is 17.7 Å². The third-order valence-corrected chi connectivity index (χ3v) is 7.61. The number of anilines is 3. The molecule has 0 radical (unpaired) electrons. The number of amides is 3. The van der Waals surface area contributed by atoms with E-state index in [2.05, 4.69) is 26.7 Å². The zero-order valence-corrected chi connectivity index (χ0v) is 22.4. The summed E-state index contributed by atoms with van der Waals surface area (Å²) in [5.41, 5.74) is -0.120. The van der Waals surface area contributed by atoms with Gasteiger partial charge in [0.25, 0.3) is 0 Å². The van der Waals surface area contributed by atoms with Crippen LogP contribution in [0.25, 0.3) is 0 Å². The molecule has 6 rings (SSSR count). The molecule has 2 bridgehead atoms. The molecule has 0 aromatic carbocycles. The summed E-state index contributed by atoms with van der Waals surface area (Å²) >= 11 is 0. The highest BCUT2D eigenvalue weighted by atomic mass is 19.1. The maximum Gasteiger partial charge on any atom is 0.328 e. The summed E-state index contributed by atoms with van der Waals surface area (Å²) in [7, 11) is 3.44. The normalized spacial score (nSPS) is 22.1. The first kappa shape index (κ1) is 27.4. The SMILES string of the molecule is COCCNc1cc(NC(=O)N2c3nc(C=O)c(CN4CCCN(C)CC4=O)cc3C3(F)CC2C3)ncc1C#N. The molecule has 2 N–H and O–H groups in total. The third-order valence-electron chi connectivity index (χ3n) is 7.61. The van der Waals surface area contributed by atoms with Crippen molar-refractivity contribution in [1.29, 1.82) is 5.26 Å². The van der Waals surface area contributed by atoms with Gasteiger partial charge in [0.2, 0.25) is 5.91 Å². The van der Waals surface area contributed by atoms with Crippen molar-refractivity contribution in [2.24, 2.45) is 0 Å². The van der Waals surface area contributed by atoms with Crippen LogP contribution in [0.3, 0.4) is 0 Å². The van der Waals surface area contributed by atoms with Gasteiger partial charge in [0.1, 0.15) is 29.1 Å². The van der Waals surface area contributed by atoms with Gasteiger partial charge in [-0.25, -0.2) is 19.2 Å². The second-order valence-corrected chi connectivity index (χ2v) is 10.4. The molecule has 5 heterocycles. The lowest BCUT2D eigenvalue weighted by molar-refractivity contribution is -0.131. The summed E-state index contributed by atoms with van der Waals surface area (Å²) < 4.78 is 20.9. The van der Waals surface area contributed by atoms with Crippen LogP contribution < -0.4 is 15.5 Å². The fourth-order valence-corrected chi connectivity index (χ4v) is 5.48. The number of urea groups is 1. The zero-order valence-electron chi connectivity index (χ0n) is 22.4. The molecule has 3 aliphatic heterocycles. The number of rotatable bonds is 8. The zero-order chi connectivity index (χ0) is 28.4. The standard InChI is InChI=1S/C27H31FN8O4/c1-34-5-3-6-35(24(38)15-34)14-17-8-20-25(32-22(17)16-37)36(19-10-27(20,28)11-19)26(39)33-23-9-21(30-4-7-40-2)18(12-29)13-31-23/h8-9,13,16,19H,3-7,10-11,14-15H2,1-2H3,(H2,30,31,33,39). The minimum absolute atomic E-state index is 0.0629. The van der Waals surface area contributed by atoms with Crippen molar-refractivity contribution < 1.29 is 23.5 Å². The van der Waals surface area contributed by atoms with Crippen LogP contribution >= 0.6 is 0 Å². The van der Waals surface area contributed by atoms with Crippen LogP contribution in [0.2, 0.25) is 0 Å². The monoisotopic (exact) mass is 550 g/mol. The number of carbonyl (C=O) groups excluding carboxylic acids is 3. The number of aromatic nitrogens is 2. The minimum Gasteiger partial charge on any atom is -0.383 e. The van der Waals surface area contributed by atoms with E-state index in [0.29, 0.717) is 42.8 Å². The second-order valence-electron chi connectivity index (χ2n) is 10.4. The summed E-state index contributed by atoms with van der Waals surface area (Å²) in [6.07, 6.45) is 2.92. The molecule has 40 heavy (non-hydrogen) atoms. The summed E-state index contributed by atoms with van der Waals surface area (Å²) in [5, 5.41) is 15.2. The molecule has 2 aromatic rings. The first-order valence-electron chi connectivity index (χ1n) is 13.1. The van der Waals surface area contributed by atoms with E-state index in [4.69, 9.17) is 4.74 Å². The second kappa shape index (κ2) is 11.1. The van der Waals surface area contributed by atoms with Crippen molar-refractivity contribution in [2.75, 3.05) is 62.5 Å². The molecule has 2 fully saturated rings. The van der Waals surface area contributed by atoms with Crippen molar-refractivity contribution in [3.05, 3.63) is 40.7 Å². The number of alkyl halides is 1. The summed E-state index contributed by atoms with van der Waals surface area (Å²) in [5.74, 6) is 0.210. The Bertz CT molecular complexity index is 1370. The lowest BCUT2D eigenvalue weighted by Crippen LogP contribution is -2.60. The van der Waals surface area contributed by atoms with E-state index in [-0.39, 0.29) is 54.7 Å². The third kappa shape index (κ3) is 5.20. The van der Waals surface area contributed by atoms with Crippen LogP contribution in [0.1, 0.15) is 46.4 Å². The van der Waals surface area contributed by atoms with Crippen LogP contribution in [-0.4, -0.2) is 91.0 Å². The number of hydrogen-bond donors (Lipinski definition) is 2. The molecule has 0 atom stereocenters. The fourth-order valence-electron chi connectivity index (χ4n) is 5.48. The topological polar surface area (TPSA) is 144 Å². The van der Waals surface area contributed by atoms with E-state index in [1.165, 1.54) is 11.1 Å². The molecule has 1 saturated heterocycles. The van der Waals surface area contributed by atoms with Gasteiger partial charge in [-0.3, -0.25) is 24.7 Å². The first-order chi connectivity index (χ1) is 19.3. The van der Waals surface area contributed by atoms with Crippen LogP contribution in [0.4, 0.5) is 26.5 Å². The number of nitriles is 1. The Morgan fingerprint density at radius 3 is 2.88 bits per heavy atom. The Morgan fingerprint density at radius 1 is 1.35 bits per heavy atom. The summed E-state index contributed by atoms with van der Waals surface area (Å²) in [6.45, 7) is 2.58. The van der Waals surface area contributed by atoms with Gasteiger partial charge in [-0.15, -0.1) is 0 Å². The molecule has 210 valence electrons. The molecule has 0 unspecified atom stereocenters. The first-order valence-corrected chi connectivity index (χ1v) is 13.1. The van der Waals surface area contributed by atoms with Gasteiger partial charge in [-0.1, -0.05) is 0 Å². The molecule has 4 aliphatic rings. The van der Waals surface area contributed by atoms with Gasteiger partial charge in [0, 0.05) is 75.6 Å². The average Bonchev–Trinajstić information content (AvgIpc) is 3.07. The van der Waals surface area contributed by atoms with E-state index in [1.807, 2.05) is 11.9 Å². The van der Waals surface area contributed by atoms with Gasteiger partial charge in [-0.05, 0) is 19.5 Å². The summed E-state index contributed by atoms with van der Waals surface area (Å²) in [4.78, 5) is 51.8.